The molecule has 3 unspecified atom stereocenters. The smallest absolute Gasteiger partial charge is 0.416 e. The first-order valence-corrected chi connectivity index (χ1v) is 13.5. The minimum Gasteiger partial charge on any atom is -0.486 e. The molecule has 3 nitrogen and oxygen atoms in total. The Bertz CT molecular complexity index is 1240. The molecule has 1 aliphatic rings. The van der Waals surface area contributed by atoms with Gasteiger partial charge in [-0.2, -0.15) is 13.2 Å². The summed E-state index contributed by atoms with van der Waals surface area (Å²) in [6.07, 6.45) is -0.559. The number of carbonyl (C=O) groups excluding carboxylic acids is 1. The van der Waals surface area contributed by atoms with Crippen molar-refractivity contribution in [3.05, 3.63) is 113 Å². The van der Waals surface area contributed by atoms with Crippen LogP contribution in [0.25, 0.3) is 0 Å². The highest BCUT2D eigenvalue weighted by Crippen LogP contribution is 2.33. The fourth-order valence-electron chi connectivity index (χ4n) is 5.16. The molecule has 0 aromatic heterocycles. The molecule has 6 heteroatoms. The Labute approximate surface area is 229 Å². The lowest BCUT2D eigenvalue weighted by atomic mass is 9.93. The van der Waals surface area contributed by atoms with Gasteiger partial charge >= 0.3 is 6.18 Å². The van der Waals surface area contributed by atoms with E-state index in [1.807, 2.05) is 37.4 Å². The number of allylic oxidation sites excluding steroid dienone is 1. The van der Waals surface area contributed by atoms with Gasteiger partial charge in [-0.1, -0.05) is 68.1 Å². The highest BCUT2D eigenvalue weighted by Gasteiger charge is 2.30. The van der Waals surface area contributed by atoms with Crippen molar-refractivity contribution in [3.63, 3.8) is 0 Å². The number of ketones is 1. The van der Waals surface area contributed by atoms with Crippen molar-refractivity contribution in [1.29, 1.82) is 0 Å². The number of hydrogen-bond donors (Lipinski definition) is 0. The second kappa shape index (κ2) is 12.5. The summed E-state index contributed by atoms with van der Waals surface area (Å²) in [5.74, 6) is 1.05. The Morgan fingerprint density at radius 2 is 1.67 bits per heavy atom. The number of likely N-dealkylation sites (N-methyl/N-ethyl adjacent to an activating group) is 1. The number of halogens is 3. The van der Waals surface area contributed by atoms with Gasteiger partial charge in [-0.3, -0.25) is 4.79 Å². The summed E-state index contributed by atoms with van der Waals surface area (Å²) in [7, 11) is 2.00. The predicted octanol–water partition coefficient (Wildman–Crippen LogP) is 8.38. The van der Waals surface area contributed by atoms with Gasteiger partial charge in [0.1, 0.15) is 17.6 Å². The van der Waals surface area contributed by atoms with E-state index in [2.05, 4.69) is 42.7 Å². The number of benzene rings is 3. The van der Waals surface area contributed by atoms with Gasteiger partial charge in [0.05, 0.1) is 5.56 Å². The Hall–Kier alpha value is -3.54. The Balaban J connectivity index is 1.37. The molecule has 4 rings (SSSR count). The van der Waals surface area contributed by atoms with Crippen molar-refractivity contribution in [2.45, 2.75) is 57.2 Å². The highest BCUT2D eigenvalue weighted by molar-refractivity contribution is 5.83. The van der Waals surface area contributed by atoms with Crippen LogP contribution in [0.3, 0.4) is 0 Å². The maximum Gasteiger partial charge on any atom is 0.416 e. The van der Waals surface area contributed by atoms with Crippen molar-refractivity contribution in [1.82, 2.24) is 4.90 Å². The van der Waals surface area contributed by atoms with Gasteiger partial charge in [0, 0.05) is 44.0 Å². The lowest BCUT2D eigenvalue weighted by Gasteiger charge is -2.29. The predicted molar refractivity (Wildman–Crippen MR) is 149 cm³/mol. The van der Waals surface area contributed by atoms with E-state index in [1.54, 1.807) is 0 Å². The maximum atomic E-state index is 13.0. The van der Waals surface area contributed by atoms with Crippen LogP contribution in [0.2, 0.25) is 0 Å². The van der Waals surface area contributed by atoms with Crippen LogP contribution in [-0.2, 0) is 17.4 Å². The van der Waals surface area contributed by atoms with Crippen molar-refractivity contribution in [2.24, 2.45) is 5.92 Å². The molecular weight excluding hydrogens is 499 g/mol. The minimum absolute atomic E-state index is 0.100. The van der Waals surface area contributed by atoms with E-state index >= 15 is 0 Å². The first kappa shape index (κ1) is 28.5. The van der Waals surface area contributed by atoms with Crippen LogP contribution < -0.4 is 4.74 Å². The van der Waals surface area contributed by atoms with Gasteiger partial charge in [0.25, 0.3) is 0 Å². The summed E-state index contributed by atoms with van der Waals surface area (Å²) in [6, 6.07) is 23.0. The fourth-order valence-corrected chi connectivity index (χ4v) is 5.16. The van der Waals surface area contributed by atoms with Crippen LogP contribution in [0.4, 0.5) is 13.2 Å². The topological polar surface area (TPSA) is 29.5 Å². The summed E-state index contributed by atoms with van der Waals surface area (Å²) in [5.41, 5.74) is 3.58. The molecule has 39 heavy (non-hydrogen) atoms. The number of ether oxygens (including phenoxy) is 1. The van der Waals surface area contributed by atoms with Gasteiger partial charge in [0.2, 0.25) is 0 Å². The van der Waals surface area contributed by atoms with Crippen LogP contribution in [0.15, 0.2) is 91.1 Å². The van der Waals surface area contributed by atoms with Crippen LogP contribution in [0.5, 0.6) is 5.75 Å². The monoisotopic (exact) mass is 535 g/mol. The highest BCUT2D eigenvalue weighted by atomic mass is 19.4. The molecule has 1 fully saturated rings. The van der Waals surface area contributed by atoms with E-state index < -0.39 is 11.7 Å². The summed E-state index contributed by atoms with van der Waals surface area (Å²) >= 11 is 0. The van der Waals surface area contributed by atoms with Gasteiger partial charge < -0.3 is 9.64 Å². The molecular formula is C33H36F3NO2. The van der Waals surface area contributed by atoms with E-state index in [9.17, 15) is 18.0 Å². The molecule has 0 N–H and O–H groups in total. The van der Waals surface area contributed by atoms with E-state index in [0.717, 1.165) is 48.2 Å². The summed E-state index contributed by atoms with van der Waals surface area (Å²) in [5, 5.41) is 0. The van der Waals surface area contributed by atoms with E-state index in [0.29, 0.717) is 30.9 Å². The quantitative estimate of drug-likeness (QED) is 0.247. The molecule has 206 valence electrons. The summed E-state index contributed by atoms with van der Waals surface area (Å²) in [4.78, 5) is 14.1. The second-order valence-electron chi connectivity index (χ2n) is 10.5. The lowest BCUT2D eigenvalue weighted by Crippen LogP contribution is -2.24. The van der Waals surface area contributed by atoms with E-state index in [1.165, 1.54) is 17.7 Å². The van der Waals surface area contributed by atoms with Crippen molar-refractivity contribution in [3.8, 4) is 5.75 Å². The van der Waals surface area contributed by atoms with E-state index in [-0.39, 0.29) is 17.9 Å². The standard InChI is InChI=1S/C33H36F3NO2/c1-23(26-14-12-25(13-15-26)22-28-10-7-11-31(28)38)24(2)37(3)21-20-32(27-8-5-4-6-9-27)39-30-18-16-29(17-19-30)33(34,35)36/h4-6,8-9,12-19,23,28,32H,2,7,10-11,20-22H2,1,3H3. The number of hydrogen-bond acceptors (Lipinski definition) is 3. The number of carbonyl (C=O) groups is 1. The van der Waals surface area contributed by atoms with Gasteiger partial charge in [-0.05, 0) is 60.2 Å². The average Bonchev–Trinajstić information content (AvgIpc) is 3.34. The molecule has 0 heterocycles. The van der Waals surface area contributed by atoms with E-state index in [4.69, 9.17) is 4.74 Å². The summed E-state index contributed by atoms with van der Waals surface area (Å²) in [6.45, 7) is 7.13. The minimum atomic E-state index is -4.38. The third-order valence-electron chi connectivity index (χ3n) is 7.74. The third kappa shape index (κ3) is 7.53. The average molecular weight is 536 g/mol. The zero-order valence-electron chi connectivity index (χ0n) is 22.6. The van der Waals surface area contributed by atoms with Crippen molar-refractivity contribution >= 4 is 5.78 Å². The van der Waals surface area contributed by atoms with Gasteiger partial charge in [-0.15, -0.1) is 0 Å². The zero-order valence-corrected chi connectivity index (χ0v) is 22.6. The lowest BCUT2D eigenvalue weighted by molar-refractivity contribution is -0.137. The normalized spacial score (nSPS) is 17.1. The molecule has 3 aromatic rings. The molecule has 0 radical (unpaired) electrons. The SMILES string of the molecule is C=C(C(C)c1ccc(CC2CCCC2=O)cc1)N(C)CCC(Oc1ccc(C(F)(F)F)cc1)c1ccccc1. The van der Waals surface area contributed by atoms with Crippen molar-refractivity contribution < 1.29 is 22.7 Å². The molecule has 1 saturated carbocycles. The second-order valence-corrected chi connectivity index (χ2v) is 10.5. The number of nitrogens with zero attached hydrogens (tertiary/aromatic N) is 1. The van der Waals surface area contributed by atoms with Gasteiger partial charge in [0.15, 0.2) is 0 Å². The zero-order chi connectivity index (χ0) is 28.0. The van der Waals surface area contributed by atoms with Crippen molar-refractivity contribution in [2.75, 3.05) is 13.6 Å². The van der Waals surface area contributed by atoms with Crippen LogP contribution in [0.1, 0.15) is 66.9 Å². The van der Waals surface area contributed by atoms with Crippen LogP contribution >= 0.6 is 0 Å². The number of Topliss-reactive ketones (excluding diaryl/α,β-unsaturated/α-hetero) is 1. The van der Waals surface area contributed by atoms with Gasteiger partial charge in [-0.25, -0.2) is 0 Å². The summed E-state index contributed by atoms with van der Waals surface area (Å²) < 4.78 is 45.1. The molecule has 0 spiro atoms. The number of rotatable bonds is 11. The first-order valence-electron chi connectivity index (χ1n) is 13.5. The van der Waals surface area contributed by atoms with Crippen LogP contribution in [-0.4, -0.2) is 24.3 Å². The molecule has 0 amide bonds. The maximum absolute atomic E-state index is 13.0. The Morgan fingerprint density at radius 1 is 1.00 bits per heavy atom. The first-order chi connectivity index (χ1) is 18.6. The molecule has 0 saturated heterocycles. The molecule has 3 aromatic carbocycles. The Morgan fingerprint density at radius 3 is 2.26 bits per heavy atom. The number of alkyl halides is 3. The molecule has 1 aliphatic carbocycles. The largest absolute Gasteiger partial charge is 0.486 e. The van der Waals surface area contributed by atoms with Crippen LogP contribution in [0, 0.1) is 5.92 Å². The fraction of sp³-hybridized carbons (Fsp3) is 0.364. The molecule has 3 atom stereocenters. The Kier molecular flexibility index (Phi) is 9.16. The molecule has 0 bridgehead atoms. The third-order valence-corrected chi connectivity index (χ3v) is 7.74. The molecule has 0 aliphatic heterocycles.